The third kappa shape index (κ3) is 4.86. The molecule has 4 heteroatoms. The minimum Gasteiger partial charge on any atom is -0.218 e. The van der Waals surface area contributed by atoms with Crippen molar-refractivity contribution in [1.29, 1.82) is 0 Å². The third-order valence-corrected chi connectivity index (χ3v) is 6.40. The van der Waals surface area contributed by atoms with Gasteiger partial charge in [-0.25, -0.2) is 19.5 Å². The first-order valence-corrected chi connectivity index (χ1v) is 12.4. The van der Waals surface area contributed by atoms with Crippen molar-refractivity contribution in [1.82, 2.24) is 15.0 Å². The van der Waals surface area contributed by atoms with E-state index in [2.05, 4.69) is 103 Å². The van der Waals surface area contributed by atoms with Crippen LogP contribution in [0.3, 0.4) is 0 Å². The van der Waals surface area contributed by atoms with Crippen LogP contribution < -0.4 is 4.57 Å². The Kier molecular flexibility index (Phi) is 6.79. The molecule has 0 radical (unpaired) electrons. The van der Waals surface area contributed by atoms with Crippen LogP contribution in [-0.4, -0.2) is 15.0 Å². The van der Waals surface area contributed by atoms with Crippen molar-refractivity contribution in [2.75, 3.05) is 0 Å². The van der Waals surface area contributed by atoms with Crippen LogP contribution in [0.1, 0.15) is 56.0 Å². The van der Waals surface area contributed by atoms with Crippen LogP contribution in [0.15, 0.2) is 42.6 Å². The fourth-order valence-electron chi connectivity index (χ4n) is 4.72. The molecule has 4 nitrogen and oxygen atoms in total. The molecule has 0 spiro atoms. The second-order valence-electron chi connectivity index (χ2n) is 10.5. The quantitative estimate of drug-likeness (QED) is 0.313. The maximum Gasteiger partial charge on any atom is 0.220 e. The number of hydrogen-bond donors (Lipinski definition) is 0. The number of fused-ring (bicyclic) bond motifs is 1. The van der Waals surface area contributed by atoms with Crippen molar-refractivity contribution in [2.45, 2.75) is 61.3 Å². The van der Waals surface area contributed by atoms with Gasteiger partial charge in [0.25, 0.3) is 0 Å². The van der Waals surface area contributed by atoms with E-state index < -0.39 is 0 Å². The van der Waals surface area contributed by atoms with Gasteiger partial charge >= 0.3 is 0 Å². The summed E-state index contributed by atoms with van der Waals surface area (Å²) in [6.45, 7) is 15.4. The average molecular weight is 454 g/mol. The van der Waals surface area contributed by atoms with E-state index in [9.17, 15) is 0 Å². The molecule has 2 heterocycles. The van der Waals surface area contributed by atoms with E-state index in [-0.39, 0.29) is 0 Å². The van der Waals surface area contributed by atoms with Gasteiger partial charge in [-0.2, -0.15) is 0 Å². The Morgan fingerprint density at radius 1 is 0.765 bits per heavy atom. The van der Waals surface area contributed by atoms with Gasteiger partial charge in [-0.05, 0) is 55.9 Å². The number of aromatic nitrogens is 4. The Morgan fingerprint density at radius 3 is 2.03 bits per heavy atom. The van der Waals surface area contributed by atoms with Crippen molar-refractivity contribution in [3.05, 3.63) is 70.9 Å². The van der Waals surface area contributed by atoms with Gasteiger partial charge in [0.2, 0.25) is 5.69 Å². The summed E-state index contributed by atoms with van der Waals surface area (Å²) < 4.78 is 2.23. The first-order valence-electron chi connectivity index (χ1n) is 12.4. The Balaban J connectivity index is 1.97. The summed E-state index contributed by atoms with van der Waals surface area (Å²) in [5.41, 5.74) is 7.48. The van der Waals surface area contributed by atoms with Crippen molar-refractivity contribution >= 4 is 10.8 Å². The first-order chi connectivity index (χ1) is 16.1. The summed E-state index contributed by atoms with van der Waals surface area (Å²) in [5.74, 6) is 3.54. The van der Waals surface area contributed by atoms with Crippen LogP contribution in [-0.2, 0) is 19.9 Å². The van der Waals surface area contributed by atoms with Gasteiger partial charge in [-0.1, -0.05) is 51.5 Å². The van der Waals surface area contributed by atoms with Crippen LogP contribution in [0.4, 0.5) is 0 Å². The van der Waals surface area contributed by atoms with E-state index in [1.54, 1.807) is 0 Å². The lowest BCUT2D eigenvalue weighted by Gasteiger charge is -2.14. The zero-order valence-corrected chi connectivity index (χ0v) is 21.9. The molecule has 0 saturated carbocycles. The molecule has 0 aliphatic carbocycles. The van der Waals surface area contributed by atoms with Gasteiger partial charge in [0, 0.05) is 29.9 Å². The zero-order chi connectivity index (χ0) is 24.6. The maximum atomic E-state index is 4.94. The van der Waals surface area contributed by atoms with Gasteiger partial charge in [-0.15, -0.1) is 0 Å². The molecule has 176 valence electrons. The fourth-order valence-corrected chi connectivity index (χ4v) is 4.72. The number of hydrogen-bond acceptors (Lipinski definition) is 3. The number of pyridine rings is 1. The molecular weight excluding hydrogens is 416 g/mol. The normalized spacial score (nSPS) is 11.7. The predicted octanol–water partition coefficient (Wildman–Crippen LogP) is 6.51. The maximum absolute atomic E-state index is 4.94. The minimum atomic E-state index is 0.493. The van der Waals surface area contributed by atoms with Crippen LogP contribution in [0, 0.1) is 32.6 Å². The van der Waals surface area contributed by atoms with Crippen molar-refractivity contribution in [3.8, 4) is 22.6 Å². The summed E-state index contributed by atoms with van der Waals surface area (Å²) in [4.78, 5) is 14.7. The van der Waals surface area contributed by atoms with Gasteiger partial charge < -0.3 is 0 Å². The fraction of sp³-hybridized carbons (Fsp3) is 0.400. The van der Waals surface area contributed by atoms with Gasteiger partial charge in [0.15, 0.2) is 12.0 Å². The Labute approximate surface area is 204 Å². The first kappa shape index (κ1) is 24.0. The monoisotopic (exact) mass is 453 g/mol. The lowest BCUT2D eigenvalue weighted by atomic mass is 9.93. The molecule has 0 fully saturated rings. The van der Waals surface area contributed by atoms with E-state index in [1.807, 2.05) is 0 Å². The molecular formula is C30H37N4+. The summed E-state index contributed by atoms with van der Waals surface area (Å²) in [7, 11) is 2.13. The molecule has 0 saturated heterocycles. The van der Waals surface area contributed by atoms with Gasteiger partial charge in [0.05, 0.1) is 10.9 Å². The lowest BCUT2D eigenvalue weighted by Crippen LogP contribution is -2.31. The second-order valence-corrected chi connectivity index (χ2v) is 10.5. The SMILES string of the molecule is Cc1cc(C)c(C)c(-c2c3cccc(-c4nc(CC(C)C)nc(CC(C)C)n4)c3cc[n+]2C)c1. The van der Waals surface area contributed by atoms with E-state index in [4.69, 9.17) is 15.0 Å². The molecule has 0 amide bonds. The standard InChI is InChI=1S/C30H37N4/c1-18(2)14-27-31-28(15-19(3)4)33-30(32-27)25-11-9-10-24-23(25)12-13-34(8)29(24)26-17-20(5)16-21(6)22(26)7/h9-13,16-19H,14-15H2,1-8H3/q+1. The molecule has 0 bridgehead atoms. The molecule has 34 heavy (non-hydrogen) atoms. The summed E-state index contributed by atoms with van der Waals surface area (Å²) in [6.07, 6.45) is 3.87. The summed E-state index contributed by atoms with van der Waals surface area (Å²) in [5, 5.41) is 2.39. The lowest BCUT2D eigenvalue weighted by molar-refractivity contribution is -0.659. The van der Waals surface area contributed by atoms with Crippen LogP contribution in [0.25, 0.3) is 33.4 Å². The minimum absolute atomic E-state index is 0.493. The van der Waals surface area contributed by atoms with Crippen LogP contribution in [0.5, 0.6) is 0 Å². The topological polar surface area (TPSA) is 42.6 Å². The van der Waals surface area contributed by atoms with E-state index in [0.29, 0.717) is 11.8 Å². The number of rotatable bonds is 6. The van der Waals surface area contributed by atoms with Crippen LogP contribution in [0.2, 0.25) is 0 Å². The van der Waals surface area contributed by atoms with Crippen molar-refractivity contribution in [3.63, 3.8) is 0 Å². The highest BCUT2D eigenvalue weighted by molar-refractivity contribution is 6.01. The van der Waals surface area contributed by atoms with E-state index >= 15 is 0 Å². The largest absolute Gasteiger partial charge is 0.220 e. The van der Waals surface area contributed by atoms with Gasteiger partial charge in [-0.3, -0.25) is 0 Å². The molecule has 2 aromatic carbocycles. The Bertz CT molecular complexity index is 1320. The number of benzene rings is 2. The van der Waals surface area contributed by atoms with Gasteiger partial charge in [0.1, 0.15) is 18.7 Å². The molecule has 4 rings (SSSR count). The highest BCUT2D eigenvalue weighted by Gasteiger charge is 2.21. The third-order valence-electron chi connectivity index (χ3n) is 6.40. The summed E-state index contributed by atoms with van der Waals surface area (Å²) >= 11 is 0. The molecule has 0 unspecified atom stereocenters. The van der Waals surface area contributed by atoms with Crippen molar-refractivity contribution in [2.24, 2.45) is 18.9 Å². The molecule has 0 N–H and O–H groups in total. The second kappa shape index (κ2) is 9.61. The highest BCUT2D eigenvalue weighted by Crippen LogP contribution is 2.34. The van der Waals surface area contributed by atoms with E-state index in [0.717, 1.165) is 35.9 Å². The Morgan fingerprint density at radius 2 is 1.41 bits per heavy atom. The number of nitrogens with zero attached hydrogens (tertiary/aromatic N) is 4. The Hall–Kier alpha value is -3.14. The van der Waals surface area contributed by atoms with E-state index in [1.165, 1.54) is 38.7 Å². The molecule has 4 aromatic rings. The predicted molar refractivity (Wildman–Crippen MR) is 141 cm³/mol. The summed E-state index contributed by atoms with van der Waals surface area (Å²) in [6, 6.07) is 13.2. The zero-order valence-electron chi connectivity index (χ0n) is 21.9. The molecule has 0 aliphatic heterocycles. The smallest absolute Gasteiger partial charge is 0.218 e. The molecule has 2 aromatic heterocycles. The number of aryl methyl sites for hydroxylation is 3. The molecule has 0 aliphatic rings. The highest BCUT2D eigenvalue weighted by atomic mass is 15.0. The average Bonchev–Trinajstić information content (AvgIpc) is 2.75. The van der Waals surface area contributed by atoms with Crippen molar-refractivity contribution < 1.29 is 4.57 Å². The van der Waals surface area contributed by atoms with Crippen LogP contribution >= 0.6 is 0 Å². The molecule has 0 atom stereocenters.